The maximum atomic E-state index is 14.1. The maximum absolute atomic E-state index is 14.1. The van der Waals surface area contributed by atoms with Crippen LogP contribution in [0, 0.1) is 5.82 Å². The van der Waals surface area contributed by atoms with Crippen molar-refractivity contribution in [2.45, 2.75) is 18.6 Å². The first kappa shape index (κ1) is 22.4. The second-order valence-corrected chi connectivity index (χ2v) is 8.03. The molecule has 1 fully saturated rings. The van der Waals surface area contributed by atoms with Gasteiger partial charge in [0, 0.05) is 30.2 Å². The van der Waals surface area contributed by atoms with Gasteiger partial charge < -0.3 is 25.4 Å². The van der Waals surface area contributed by atoms with Gasteiger partial charge in [0.1, 0.15) is 5.69 Å². The lowest BCUT2D eigenvalue weighted by atomic mass is 9.94. The molecule has 2 amide bonds. The van der Waals surface area contributed by atoms with Crippen molar-refractivity contribution in [2.75, 3.05) is 29.1 Å². The van der Waals surface area contributed by atoms with Crippen LogP contribution in [0.15, 0.2) is 53.4 Å². The number of benzene rings is 1. The zero-order chi connectivity index (χ0) is 24.7. The maximum Gasteiger partial charge on any atom is 0.263 e. The van der Waals surface area contributed by atoms with Gasteiger partial charge in [0.2, 0.25) is 0 Å². The number of amides is 2. The van der Waals surface area contributed by atoms with E-state index in [0.29, 0.717) is 16.7 Å². The van der Waals surface area contributed by atoms with Crippen LogP contribution in [0.4, 0.5) is 21.7 Å². The molecular formula is C22H20FN7O5. The largest absolute Gasteiger partial charge is 0.380 e. The summed E-state index contributed by atoms with van der Waals surface area (Å²) in [5.41, 5.74) is 4.60. The van der Waals surface area contributed by atoms with Crippen molar-refractivity contribution >= 4 is 40.1 Å². The summed E-state index contributed by atoms with van der Waals surface area (Å²) in [4.78, 5) is 31.1. The second-order valence-electron chi connectivity index (χ2n) is 8.03. The van der Waals surface area contributed by atoms with Gasteiger partial charge in [-0.2, -0.15) is 0 Å². The van der Waals surface area contributed by atoms with Crippen LogP contribution < -0.4 is 16.0 Å². The third-order valence-electron chi connectivity index (χ3n) is 5.77. The summed E-state index contributed by atoms with van der Waals surface area (Å²) in [7, 11) is 0. The van der Waals surface area contributed by atoms with Gasteiger partial charge in [-0.15, -0.1) is 5.10 Å². The van der Waals surface area contributed by atoms with Crippen LogP contribution in [-0.2, 0) is 14.3 Å². The quantitative estimate of drug-likeness (QED) is 0.381. The summed E-state index contributed by atoms with van der Waals surface area (Å²) in [5, 5.41) is 21.8. The van der Waals surface area contributed by atoms with Crippen molar-refractivity contribution in [1.82, 2.24) is 19.9 Å². The van der Waals surface area contributed by atoms with E-state index in [1.54, 1.807) is 12.1 Å². The van der Waals surface area contributed by atoms with E-state index in [0.717, 1.165) is 6.20 Å². The van der Waals surface area contributed by atoms with E-state index in [9.17, 15) is 19.1 Å². The van der Waals surface area contributed by atoms with E-state index < -0.39 is 29.3 Å². The fraction of sp³-hybridized carbons (Fsp3) is 0.227. The highest BCUT2D eigenvalue weighted by atomic mass is 19.1. The molecule has 1 aromatic carbocycles. The highest BCUT2D eigenvalue weighted by Crippen LogP contribution is 2.29. The molecule has 0 radical (unpaired) electrons. The van der Waals surface area contributed by atoms with Gasteiger partial charge in [0.15, 0.2) is 34.7 Å². The van der Waals surface area contributed by atoms with Gasteiger partial charge >= 0.3 is 0 Å². The molecule has 5 rings (SSSR count). The molecule has 1 aliphatic rings. The van der Waals surface area contributed by atoms with Gasteiger partial charge in [-0.1, -0.05) is 5.16 Å². The fourth-order valence-corrected chi connectivity index (χ4v) is 3.84. The Bertz CT molecular complexity index is 1440. The van der Waals surface area contributed by atoms with E-state index >= 15 is 0 Å². The number of pyridine rings is 1. The van der Waals surface area contributed by atoms with Crippen LogP contribution in [-0.4, -0.2) is 61.7 Å². The lowest BCUT2D eigenvalue weighted by molar-refractivity contribution is -0.170. The first-order valence-electron chi connectivity index (χ1n) is 10.5. The number of halogens is 1. The lowest BCUT2D eigenvalue weighted by Gasteiger charge is -2.40. The van der Waals surface area contributed by atoms with Gasteiger partial charge in [-0.3, -0.25) is 19.5 Å². The molecule has 1 aliphatic heterocycles. The van der Waals surface area contributed by atoms with Crippen LogP contribution in [0.1, 0.15) is 6.92 Å². The number of rotatable bonds is 5. The van der Waals surface area contributed by atoms with Crippen molar-refractivity contribution in [2.24, 2.45) is 0 Å². The molecule has 3 aromatic heterocycles. The summed E-state index contributed by atoms with van der Waals surface area (Å²) >= 11 is 0. The predicted octanol–water partition coefficient (Wildman–Crippen LogP) is 1.25. The number of carbonyl (C=O) groups excluding carboxylic acids is 2. The summed E-state index contributed by atoms with van der Waals surface area (Å²) < 4.78 is 26.0. The van der Waals surface area contributed by atoms with E-state index in [1.807, 2.05) is 0 Å². The summed E-state index contributed by atoms with van der Waals surface area (Å²) in [6.45, 7) is 1.49. The molecule has 35 heavy (non-hydrogen) atoms. The molecule has 0 spiro atoms. The molecule has 12 nitrogen and oxygen atoms in total. The van der Waals surface area contributed by atoms with Crippen molar-refractivity contribution in [1.29, 1.82) is 0 Å². The van der Waals surface area contributed by atoms with Gasteiger partial charge in [-0.25, -0.2) is 9.07 Å². The van der Waals surface area contributed by atoms with Gasteiger partial charge in [0.25, 0.3) is 11.8 Å². The molecule has 4 aromatic rings. The Hall–Kier alpha value is -4.36. The number of fused-ring (bicyclic) bond motifs is 1. The molecule has 2 unspecified atom stereocenters. The third kappa shape index (κ3) is 3.86. The number of aliphatic hydroxyl groups is 1. The molecule has 4 N–H and O–H groups in total. The minimum Gasteiger partial charge on any atom is -0.380 e. The Labute approximate surface area is 197 Å². The number of hydrogen-bond donors (Lipinski definition) is 3. The zero-order valence-electron chi connectivity index (χ0n) is 18.4. The number of ether oxygens (including phenoxy) is 1. The number of hydrogen-bond acceptors (Lipinski definition) is 9. The average Bonchev–Trinajstić information content (AvgIpc) is 3.48. The second kappa shape index (κ2) is 8.45. The van der Waals surface area contributed by atoms with Gasteiger partial charge in [-0.05, 0) is 25.1 Å². The molecule has 13 heteroatoms. The third-order valence-corrected chi connectivity index (χ3v) is 5.77. The topological polar surface area (TPSA) is 162 Å². The molecule has 0 aliphatic carbocycles. The van der Waals surface area contributed by atoms with Crippen molar-refractivity contribution in [3.63, 3.8) is 0 Å². The standard InChI is InChI=1S/C22H20FN7O5/c1-22(18(31)20(32)26-12-2-3-13-16(10-12)35-28-19(13)24)21(33)29(8-9-34-22)17-5-7-30(27-17)15-4-6-25-11-14(15)23/h2-7,10-11,18,31H,8-9H2,1H3,(H2,24,28)(H,26,32). The Kier molecular flexibility index (Phi) is 5.42. The lowest BCUT2D eigenvalue weighted by Crippen LogP contribution is -2.63. The van der Waals surface area contributed by atoms with Crippen LogP contribution in [0.3, 0.4) is 0 Å². The summed E-state index contributed by atoms with van der Waals surface area (Å²) in [6, 6.07) is 7.62. The molecule has 0 saturated carbocycles. The molecule has 1 saturated heterocycles. The smallest absolute Gasteiger partial charge is 0.263 e. The first-order valence-corrected chi connectivity index (χ1v) is 10.5. The molecule has 0 bridgehead atoms. The number of anilines is 3. The van der Waals surface area contributed by atoms with Crippen molar-refractivity contribution in [3.8, 4) is 5.69 Å². The normalized spacial score (nSPS) is 19.2. The number of nitrogens with zero attached hydrogens (tertiary/aromatic N) is 5. The number of nitrogen functional groups attached to an aromatic ring is 1. The first-order chi connectivity index (χ1) is 16.8. The number of carbonyl (C=O) groups is 2. The van der Waals surface area contributed by atoms with Crippen LogP contribution in [0.5, 0.6) is 0 Å². The Morgan fingerprint density at radius 2 is 2.17 bits per heavy atom. The number of nitrogens with one attached hydrogen (secondary N) is 1. The van der Waals surface area contributed by atoms with Gasteiger partial charge in [0.05, 0.1) is 24.7 Å². The Morgan fingerprint density at radius 3 is 2.97 bits per heavy atom. The fourth-order valence-electron chi connectivity index (χ4n) is 3.84. The number of aliphatic hydroxyl groups excluding tert-OH is 1. The molecule has 180 valence electrons. The van der Waals surface area contributed by atoms with E-state index in [-0.39, 0.29) is 30.5 Å². The highest BCUT2D eigenvalue weighted by molar-refractivity contribution is 6.06. The summed E-state index contributed by atoms with van der Waals surface area (Å²) in [5.74, 6) is -1.70. The molecular weight excluding hydrogens is 461 g/mol. The van der Waals surface area contributed by atoms with E-state index in [2.05, 4.69) is 20.6 Å². The summed E-state index contributed by atoms with van der Waals surface area (Å²) in [6.07, 6.45) is 2.11. The highest BCUT2D eigenvalue weighted by Gasteiger charge is 2.51. The SMILES string of the molecule is CC1(C(O)C(=O)Nc2ccc3c(N)noc3c2)OCCN(c2ccn(-c3ccncc3F)n2)C1=O. The Balaban J connectivity index is 1.35. The van der Waals surface area contributed by atoms with E-state index in [4.69, 9.17) is 15.0 Å². The van der Waals surface area contributed by atoms with Crippen LogP contribution in [0.25, 0.3) is 16.7 Å². The molecule has 4 heterocycles. The van der Waals surface area contributed by atoms with E-state index in [1.165, 1.54) is 47.1 Å². The van der Waals surface area contributed by atoms with Crippen molar-refractivity contribution in [3.05, 3.63) is 54.7 Å². The predicted molar refractivity (Wildman–Crippen MR) is 121 cm³/mol. The zero-order valence-corrected chi connectivity index (χ0v) is 18.4. The number of nitrogens with two attached hydrogens (primary N) is 1. The number of aromatic nitrogens is 4. The monoisotopic (exact) mass is 481 g/mol. The molecule has 2 atom stereocenters. The Morgan fingerprint density at radius 1 is 1.34 bits per heavy atom. The van der Waals surface area contributed by atoms with Crippen LogP contribution >= 0.6 is 0 Å². The van der Waals surface area contributed by atoms with Crippen molar-refractivity contribution < 1.29 is 28.3 Å². The minimum absolute atomic E-state index is 0.0341. The van der Waals surface area contributed by atoms with Crippen LogP contribution in [0.2, 0.25) is 0 Å². The number of morpholine rings is 1. The average molecular weight is 481 g/mol. The minimum atomic E-state index is -1.89.